The molecule has 15 heavy (non-hydrogen) atoms. The molecule has 0 aromatic heterocycles. The average molecular weight is 207 g/mol. The number of hydrogen-bond acceptors (Lipinski definition) is 2. The number of morpholine rings is 1. The summed E-state index contributed by atoms with van der Waals surface area (Å²) in [4.78, 5) is 2.37. The molecule has 0 bridgehead atoms. The Kier molecular flexibility index (Phi) is 5.37. The van der Waals surface area contributed by atoms with Crippen LogP contribution in [-0.4, -0.2) is 37.7 Å². The van der Waals surface area contributed by atoms with E-state index in [1.165, 1.54) is 5.57 Å². The lowest BCUT2D eigenvalue weighted by atomic mass is 10.2. The largest absolute Gasteiger partial charge is 0.379 e. The van der Waals surface area contributed by atoms with Crippen LogP contribution in [0.1, 0.15) is 13.8 Å². The zero-order valence-corrected chi connectivity index (χ0v) is 9.83. The molecule has 1 aliphatic heterocycles. The number of rotatable bonds is 4. The average Bonchev–Trinajstić information content (AvgIpc) is 2.18. The Bertz CT molecular complexity index is 256. The standard InChI is InChI=1S/C13H21NO/c1-12(2)5-4-6-13(3)11-14-7-9-15-10-8-14/h4-6H,3,7-11H2,1-2H3/b6-4-. The van der Waals surface area contributed by atoms with Gasteiger partial charge in [0.1, 0.15) is 0 Å². The lowest BCUT2D eigenvalue weighted by molar-refractivity contribution is 0.0426. The Labute approximate surface area is 92.9 Å². The van der Waals surface area contributed by atoms with Crippen molar-refractivity contribution in [3.8, 4) is 0 Å². The van der Waals surface area contributed by atoms with Crippen LogP contribution in [-0.2, 0) is 4.74 Å². The van der Waals surface area contributed by atoms with Gasteiger partial charge in [0.25, 0.3) is 0 Å². The first-order chi connectivity index (χ1) is 7.18. The van der Waals surface area contributed by atoms with Crippen LogP contribution in [0.4, 0.5) is 0 Å². The highest BCUT2D eigenvalue weighted by atomic mass is 16.5. The van der Waals surface area contributed by atoms with Crippen LogP contribution in [0.15, 0.2) is 36.0 Å². The number of ether oxygens (including phenoxy) is 1. The first-order valence-electron chi connectivity index (χ1n) is 5.48. The van der Waals surface area contributed by atoms with Crippen molar-refractivity contribution < 1.29 is 4.74 Å². The fraction of sp³-hybridized carbons (Fsp3) is 0.538. The van der Waals surface area contributed by atoms with Gasteiger partial charge in [-0.2, -0.15) is 0 Å². The smallest absolute Gasteiger partial charge is 0.0594 e. The van der Waals surface area contributed by atoms with Crippen LogP contribution in [0.3, 0.4) is 0 Å². The number of nitrogens with zero attached hydrogens (tertiary/aromatic N) is 1. The maximum absolute atomic E-state index is 5.30. The third kappa shape index (κ3) is 5.55. The van der Waals surface area contributed by atoms with Crippen LogP contribution in [0.5, 0.6) is 0 Å². The van der Waals surface area contributed by atoms with Crippen LogP contribution in [0, 0.1) is 0 Å². The van der Waals surface area contributed by atoms with Crippen LogP contribution < -0.4 is 0 Å². The van der Waals surface area contributed by atoms with E-state index in [1.54, 1.807) is 0 Å². The van der Waals surface area contributed by atoms with E-state index in [9.17, 15) is 0 Å². The highest BCUT2D eigenvalue weighted by Gasteiger charge is 2.09. The van der Waals surface area contributed by atoms with Gasteiger partial charge in [0, 0.05) is 19.6 Å². The molecule has 1 rings (SSSR count). The molecule has 1 fully saturated rings. The van der Waals surface area contributed by atoms with Crippen molar-refractivity contribution in [1.82, 2.24) is 4.90 Å². The third-order valence-electron chi connectivity index (χ3n) is 2.29. The van der Waals surface area contributed by atoms with Crippen LogP contribution in [0.2, 0.25) is 0 Å². The Morgan fingerprint density at radius 1 is 1.33 bits per heavy atom. The molecule has 1 saturated heterocycles. The Hall–Kier alpha value is -0.860. The molecular formula is C13H21NO. The summed E-state index contributed by atoms with van der Waals surface area (Å²) in [6, 6.07) is 0. The molecule has 0 N–H and O–H groups in total. The van der Waals surface area contributed by atoms with Crippen LogP contribution >= 0.6 is 0 Å². The fourth-order valence-electron chi connectivity index (χ4n) is 1.48. The predicted molar refractivity (Wildman–Crippen MR) is 65.0 cm³/mol. The van der Waals surface area contributed by atoms with Crippen molar-refractivity contribution in [2.45, 2.75) is 13.8 Å². The van der Waals surface area contributed by atoms with E-state index >= 15 is 0 Å². The molecule has 0 amide bonds. The Morgan fingerprint density at radius 2 is 2.00 bits per heavy atom. The molecule has 0 aromatic rings. The molecule has 84 valence electrons. The summed E-state index contributed by atoms with van der Waals surface area (Å²) in [5, 5.41) is 0. The topological polar surface area (TPSA) is 12.5 Å². The molecule has 2 nitrogen and oxygen atoms in total. The summed E-state index contributed by atoms with van der Waals surface area (Å²) in [7, 11) is 0. The van der Waals surface area contributed by atoms with Gasteiger partial charge in [0.2, 0.25) is 0 Å². The molecule has 0 saturated carbocycles. The zero-order chi connectivity index (χ0) is 11.1. The monoisotopic (exact) mass is 207 g/mol. The minimum atomic E-state index is 0.852. The van der Waals surface area contributed by atoms with E-state index in [0.29, 0.717) is 0 Å². The molecule has 1 heterocycles. The second-order valence-electron chi connectivity index (χ2n) is 4.15. The van der Waals surface area contributed by atoms with Gasteiger partial charge in [-0.1, -0.05) is 30.4 Å². The van der Waals surface area contributed by atoms with Gasteiger partial charge in [-0.25, -0.2) is 0 Å². The maximum Gasteiger partial charge on any atom is 0.0594 e. The lowest BCUT2D eigenvalue weighted by Gasteiger charge is -2.26. The van der Waals surface area contributed by atoms with E-state index in [1.807, 2.05) is 0 Å². The minimum Gasteiger partial charge on any atom is -0.379 e. The van der Waals surface area contributed by atoms with Crippen molar-refractivity contribution in [2.24, 2.45) is 0 Å². The van der Waals surface area contributed by atoms with E-state index in [-0.39, 0.29) is 0 Å². The highest BCUT2D eigenvalue weighted by Crippen LogP contribution is 2.03. The predicted octanol–water partition coefficient (Wildman–Crippen LogP) is 2.40. The summed E-state index contributed by atoms with van der Waals surface area (Å²) in [6.45, 7) is 12.9. The summed E-state index contributed by atoms with van der Waals surface area (Å²) in [5.74, 6) is 0. The van der Waals surface area contributed by atoms with Crippen molar-refractivity contribution in [2.75, 3.05) is 32.8 Å². The van der Waals surface area contributed by atoms with Crippen molar-refractivity contribution in [3.05, 3.63) is 36.0 Å². The van der Waals surface area contributed by atoms with E-state index in [4.69, 9.17) is 4.74 Å². The zero-order valence-electron chi connectivity index (χ0n) is 9.83. The summed E-state index contributed by atoms with van der Waals surface area (Å²) >= 11 is 0. The van der Waals surface area contributed by atoms with Crippen LogP contribution in [0.25, 0.3) is 0 Å². The normalized spacial score (nSPS) is 18.0. The molecule has 2 heteroatoms. The maximum atomic E-state index is 5.30. The Balaban J connectivity index is 2.28. The van der Waals surface area contributed by atoms with Gasteiger partial charge >= 0.3 is 0 Å². The van der Waals surface area contributed by atoms with E-state index < -0.39 is 0 Å². The highest BCUT2D eigenvalue weighted by molar-refractivity contribution is 5.21. The van der Waals surface area contributed by atoms with Crippen molar-refractivity contribution >= 4 is 0 Å². The van der Waals surface area contributed by atoms with Gasteiger partial charge < -0.3 is 4.74 Å². The lowest BCUT2D eigenvalue weighted by Crippen LogP contribution is -2.37. The SMILES string of the molecule is C=C(/C=C\C=C(C)C)CN1CCOCC1. The molecule has 0 spiro atoms. The van der Waals surface area contributed by atoms with E-state index in [2.05, 4.69) is 43.6 Å². The van der Waals surface area contributed by atoms with Crippen molar-refractivity contribution in [3.63, 3.8) is 0 Å². The Morgan fingerprint density at radius 3 is 2.60 bits per heavy atom. The van der Waals surface area contributed by atoms with Crippen molar-refractivity contribution in [1.29, 1.82) is 0 Å². The summed E-state index contributed by atoms with van der Waals surface area (Å²) in [6.07, 6.45) is 6.26. The summed E-state index contributed by atoms with van der Waals surface area (Å²) in [5.41, 5.74) is 2.47. The molecule has 0 aromatic carbocycles. The van der Waals surface area contributed by atoms with Gasteiger partial charge in [-0.05, 0) is 19.4 Å². The summed E-state index contributed by atoms with van der Waals surface area (Å²) < 4.78 is 5.30. The molecule has 1 aliphatic rings. The first-order valence-corrected chi connectivity index (χ1v) is 5.48. The van der Waals surface area contributed by atoms with E-state index in [0.717, 1.165) is 38.4 Å². The molecular weight excluding hydrogens is 186 g/mol. The minimum absolute atomic E-state index is 0.852. The third-order valence-corrected chi connectivity index (χ3v) is 2.29. The quantitative estimate of drug-likeness (QED) is 0.656. The number of allylic oxidation sites excluding steroid dienone is 3. The molecule has 0 radical (unpaired) electrons. The molecule has 0 unspecified atom stereocenters. The second-order valence-corrected chi connectivity index (χ2v) is 4.15. The van der Waals surface area contributed by atoms with Gasteiger partial charge in [-0.15, -0.1) is 0 Å². The second kappa shape index (κ2) is 6.59. The van der Waals surface area contributed by atoms with Gasteiger partial charge in [-0.3, -0.25) is 4.90 Å². The van der Waals surface area contributed by atoms with Gasteiger partial charge in [0.15, 0.2) is 0 Å². The molecule has 0 aliphatic carbocycles. The fourth-order valence-corrected chi connectivity index (χ4v) is 1.48. The molecule has 0 atom stereocenters. The van der Waals surface area contributed by atoms with Gasteiger partial charge in [0.05, 0.1) is 13.2 Å². The number of hydrogen-bond donors (Lipinski definition) is 0. The first kappa shape index (κ1) is 12.2.